The number of hydrogen-bond donors (Lipinski definition) is 4. The zero-order valence-electron chi connectivity index (χ0n) is 12.0. The van der Waals surface area contributed by atoms with Crippen LogP contribution in [0.15, 0.2) is 12.7 Å². The van der Waals surface area contributed by atoms with E-state index in [1.165, 1.54) is 17.2 Å². The highest BCUT2D eigenvalue weighted by molar-refractivity contribution is 7.84. The van der Waals surface area contributed by atoms with E-state index < -0.39 is 35.5 Å². The van der Waals surface area contributed by atoms with Gasteiger partial charge >= 0.3 is 10.3 Å². The van der Waals surface area contributed by atoms with E-state index in [9.17, 15) is 18.6 Å². The van der Waals surface area contributed by atoms with Gasteiger partial charge in [0, 0.05) is 0 Å². The molecule has 0 bridgehead atoms. The number of aromatic nitrogens is 4. The highest BCUT2D eigenvalue weighted by atomic mass is 32.2. The van der Waals surface area contributed by atoms with Gasteiger partial charge in [0.2, 0.25) is 0 Å². The minimum absolute atomic E-state index is 0.178. The Morgan fingerprint density at radius 1 is 1.35 bits per heavy atom. The molecule has 2 rings (SSSR count). The number of aliphatic hydroxyl groups excluding tert-OH is 1. The van der Waals surface area contributed by atoms with Gasteiger partial charge in [-0.3, -0.25) is 8.75 Å². The predicted molar refractivity (Wildman–Crippen MR) is 76.6 cm³/mol. The molecule has 2 aromatic rings. The van der Waals surface area contributed by atoms with Crippen molar-refractivity contribution in [1.29, 1.82) is 0 Å². The van der Waals surface area contributed by atoms with Crippen LogP contribution in [0, 0.1) is 0 Å². The van der Waals surface area contributed by atoms with E-state index in [0.29, 0.717) is 11.2 Å². The van der Waals surface area contributed by atoms with Crippen LogP contribution in [0.5, 0.6) is 0 Å². The third-order valence-corrected chi connectivity index (χ3v) is 3.34. The summed E-state index contributed by atoms with van der Waals surface area (Å²) in [5, 5.41) is 23.2. The van der Waals surface area contributed by atoms with Crippen molar-refractivity contribution in [2.75, 3.05) is 12.3 Å². The number of aliphatic hydroxyl groups is 2. The van der Waals surface area contributed by atoms with Crippen LogP contribution < -0.4 is 10.9 Å². The van der Waals surface area contributed by atoms with Gasteiger partial charge < -0.3 is 20.7 Å². The lowest BCUT2D eigenvalue weighted by molar-refractivity contribution is -0.183. The van der Waals surface area contributed by atoms with Crippen molar-refractivity contribution in [1.82, 2.24) is 19.5 Å². The number of nitrogen functional groups attached to an aromatic ring is 1. The molecule has 1 unspecified atom stereocenters. The van der Waals surface area contributed by atoms with E-state index in [1.54, 1.807) is 6.92 Å². The zero-order valence-corrected chi connectivity index (χ0v) is 12.8. The lowest BCUT2D eigenvalue weighted by atomic mass is 10.3. The molecule has 128 valence electrons. The van der Waals surface area contributed by atoms with Crippen molar-refractivity contribution in [2.24, 2.45) is 5.14 Å². The fraction of sp³-hybridized carbons (Fsp3) is 0.500. The van der Waals surface area contributed by atoms with Crippen molar-refractivity contribution in [3.8, 4) is 0 Å². The maximum Gasteiger partial charge on any atom is 0.333 e. The van der Waals surface area contributed by atoms with Crippen molar-refractivity contribution in [3.05, 3.63) is 12.7 Å². The second-order valence-corrected chi connectivity index (χ2v) is 5.77. The van der Waals surface area contributed by atoms with Crippen LogP contribution in [0.25, 0.3) is 11.2 Å². The normalized spacial score (nSPS) is 15.2. The smallest absolute Gasteiger partial charge is 0.333 e. The third-order valence-electron chi connectivity index (χ3n) is 2.88. The molecule has 0 saturated carbocycles. The maximum atomic E-state index is 10.8. The van der Waals surface area contributed by atoms with Crippen LogP contribution in [0.3, 0.4) is 0 Å². The van der Waals surface area contributed by atoms with Crippen molar-refractivity contribution >= 4 is 27.3 Å². The van der Waals surface area contributed by atoms with Crippen LogP contribution in [0.1, 0.15) is 13.2 Å². The maximum absolute atomic E-state index is 10.8. The summed E-state index contributed by atoms with van der Waals surface area (Å²) >= 11 is 0. The van der Waals surface area contributed by atoms with Gasteiger partial charge in [0.05, 0.1) is 12.9 Å². The Hall–Kier alpha value is -1.90. The van der Waals surface area contributed by atoms with Gasteiger partial charge in [-0.15, -0.1) is 0 Å². The van der Waals surface area contributed by atoms with Crippen LogP contribution in [0.2, 0.25) is 0 Å². The molecule has 0 aromatic carbocycles. The van der Waals surface area contributed by atoms with Gasteiger partial charge in [0.15, 0.2) is 17.8 Å². The fourth-order valence-electron chi connectivity index (χ4n) is 1.81. The first-order valence-corrected chi connectivity index (χ1v) is 7.78. The molecule has 2 heterocycles. The number of nitrogens with two attached hydrogens (primary N) is 2. The fourth-order valence-corrected chi connectivity index (χ4v) is 2.14. The van der Waals surface area contributed by atoms with Crippen LogP contribution in [0.4, 0.5) is 5.82 Å². The predicted octanol–water partition coefficient (Wildman–Crippen LogP) is -2.16. The molecular weight excluding hydrogens is 332 g/mol. The summed E-state index contributed by atoms with van der Waals surface area (Å²) in [7, 11) is -4.24. The summed E-state index contributed by atoms with van der Waals surface area (Å²) < 4.78 is 32.7. The Labute approximate surface area is 130 Å². The first-order valence-electron chi connectivity index (χ1n) is 6.31. The van der Waals surface area contributed by atoms with Crippen molar-refractivity contribution in [3.63, 3.8) is 0 Å². The third kappa shape index (κ3) is 4.31. The average molecular weight is 348 g/mol. The highest BCUT2D eigenvalue weighted by Gasteiger charge is 2.24. The summed E-state index contributed by atoms with van der Waals surface area (Å²) in [5.74, 6) is 0.178. The molecule has 2 aromatic heterocycles. The van der Waals surface area contributed by atoms with Gasteiger partial charge in [-0.1, -0.05) is 0 Å². The molecule has 0 amide bonds. The minimum Gasteiger partial charge on any atom is -0.382 e. The minimum atomic E-state index is -4.24. The van der Waals surface area contributed by atoms with Crippen LogP contribution in [-0.4, -0.2) is 57.2 Å². The Morgan fingerprint density at radius 2 is 2.04 bits per heavy atom. The SMILES string of the molecule is CC(O[C@H](COS(N)(=O)=O)C(O)O)n1cnc2c(N)ncnc21. The monoisotopic (exact) mass is 348 g/mol. The largest absolute Gasteiger partial charge is 0.382 e. The molecule has 0 radical (unpaired) electrons. The first-order chi connectivity index (χ1) is 10.7. The Balaban J connectivity index is 2.17. The molecule has 6 N–H and O–H groups in total. The second-order valence-electron chi connectivity index (χ2n) is 4.55. The molecule has 0 spiro atoms. The molecule has 13 heteroatoms. The molecule has 12 nitrogen and oxygen atoms in total. The Kier molecular flexibility index (Phi) is 5.08. The number of ether oxygens (including phenoxy) is 1. The zero-order chi connectivity index (χ0) is 17.2. The van der Waals surface area contributed by atoms with Crippen molar-refractivity contribution < 1.29 is 27.6 Å². The number of fused-ring (bicyclic) bond motifs is 1. The molecule has 0 aliphatic carbocycles. The lowest BCUT2D eigenvalue weighted by Crippen LogP contribution is -2.36. The molecule has 2 atom stereocenters. The summed E-state index contributed by atoms with van der Waals surface area (Å²) in [6, 6.07) is 0. The number of nitrogens with zero attached hydrogens (tertiary/aromatic N) is 4. The topological polar surface area (TPSA) is 189 Å². The first kappa shape index (κ1) is 17.5. The molecule has 0 fully saturated rings. The lowest BCUT2D eigenvalue weighted by Gasteiger charge is -2.24. The molecule has 0 aliphatic heterocycles. The van der Waals surface area contributed by atoms with Gasteiger partial charge in [0.25, 0.3) is 0 Å². The summed E-state index contributed by atoms with van der Waals surface area (Å²) in [6.45, 7) is 0.885. The van der Waals surface area contributed by atoms with E-state index in [-0.39, 0.29) is 5.82 Å². The second kappa shape index (κ2) is 6.69. The van der Waals surface area contributed by atoms with Crippen LogP contribution >= 0.6 is 0 Å². The van der Waals surface area contributed by atoms with Crippen LogP contribution in [-0.2, 0) is 19.2 Å². The number of rotatable bonds is 7. The quantitative estimate of drug-likeness (QED) is 0.401. The number of anilines is 1. The van der Waals surface area contributed by atoms with E-state index in [4.69, 9.17) is 10.5 Å². The van der Waals surface area contributed by atoms with Gasteiger partial charge in [-0.25, -0.2) is 20.1 Å². The van der Waals surface area contributed by atoms with E-state index in [2.05, 4.69) is 24.3 Å². The Morgan fingerprint density at radius 3 is 2.65 bits per heavy atom. The highest BCUT2D eigenvalue weighted by Crippen LogP contribution is 2.20. The molecule has 0 aliphatic rings. The summed E-state index contributed by atoms with van der Waals surface area (Å²) in [4.78, 5) is 11.9. The van der Waals surface area contributed by atoms with Crippen molar-refractivity contribution in [2.45, 2.75) is 25.5 Å². The van der Waals surface area contributed by atoms with Gasteiger partial charge in [-0.05, 0) is 6.92 Å². The number of hydrogen-bond acceptors (Lipinski definition) is 10. The van der Waals surface area contributed by atoms with Gasteiger partial charge in [-0.2, -0.15) is 8.42 Å². The summed E-state index contributed by atoms with van der Waals surface area (Å²) in [6.07, 6.45) is -1.54. The average Bonchev–Trinajstić information content (AvgIpc) is 2.87. The molecule has 0 saturated heterocycles. The van der Waals surface area contributed by atoms with E-state index in [0.717, 1.165) is 0 Å². The Bertz CT molecular complexity index is 777. The standard InChI is InChI=1S/C10H16N6O6S/c1-5(22-6(10(17)18)2-21-23(12,19)20)16-4-15-7-8(11)13-3-14-9(7)16/h3-6,10,17-18H,2H2,1H3,(H2,11,13,14)(H2,12,19,20)/t5?,6-/m1/s1. The number of imidazole rings is 1. The summed E-state index contributed by atoms with van der Waals surface area (Å²) in [5.41, 5.74) is 6.38. The molecule has 23 heavy (non-hydrogen) atoms. The van der Waals surface area contributed by atoms with E-state index >= 15 is 0 Å². The van der Waals surface area contributed by atoms with E-state index in [1.807, 2.05) is 0 Å². The molecular formula is C10H16N6O6S. The van der Waals surface area contributed by atoms with Gasteiger partial charge in [0.1, 0.15) is 24.2 Å².